The molecule has 21 heavy (non-hydrogen) atoms. The summed E-state index contributed by atoms with van der Waals surface area (Å²) in [6, 6.07) is 5.84. The van der Waals surface area contributed by atoms with Gasteiger partial charge in [0, 0.05) is 12.2 Å². The van der Waals surface area contributed by atoms with E-state index in [1.165, 1.54) is 19.3 Å². The zero-order valence-electron chi connectivity index (χ0n) is 12.2. The van der Waals surface area contributed by atoms with Crippen molar-refractivity contribution in [3.05, 3.63) is 30.1 Å². The van der Waals surface area contributed by atoms with E-state index in [0.29, 0.717) is 23.4 Å². The Kier molecular flexibility index (Phi) is 3.82. The van der Waals surface area contributed by atoms with E-state index >= 15 is 0 Å². The lowest BCUT2D eigenvalue weighted by Gasteiger charge is -2.31. The highest BCUT2D eigenvalue weighted by atomic mass is 16.4. The molecule has 2 aromatic heterocycles. The summed E-state index contributed by atoms with van der Waals surface area (Å²) in [6.45, 7) is 2.20. The Labute approximate surface area is 124 Å². The second-order valence-corrected chi connectivity index (χ2v) is 5.75. The van der Waals surface area contributed by atoms with E-state index in [0.717, 1.165) is 12.8 Å². The number of carboxylic acid groups (broad SMARTS) is 1. The van der Waals surface area contributed by atoms with Crippen LogP contribution in [-0.4, -0.2) is 26.5 Å². The van der Waals surface area contributed by atoms with Crippen molar-refractivity contribution < 1.29 is 9.90 Å². The first kappa shape index (κ1) is 13.9. The molecule has 1 aliphatic carbocycles. The summed E-state index contributed by atoms with van der Waals surface area (Å²) in [5.41, 5.74) is 0.896. The van der Waals surface area contributed by atoms with Gasteiger partial charge in [-0.05, 0) is 30.9 Å². The van der Waals surface area contributed by atoms with Crippen molar-refractivity contribution in [3.8, 4) is 0 Å². The number of nitrogens with zero attached hydrogens (tertiary/aromatic N) is 2. The van der Waals surface area contributed by atoms with Crippen molar-refractivity contribution in [3.63, 3.8) is 0 Å². The fourth-order valence-corrected chi connectivity index (χ4v) is 3.36. The molecular weight excluding hydrogens is 266 g/mol. The topological polar surface area (TPSA) is 66.6 Å². The van der Waals surface area contributed by atoms with Crippen molar-refractivity contribution in [1.82, 2.24) is 9.38 Å². The summed E-state index contributed by atoms with van der Waals surface area (Å²) in [7, 11) is 0. The van der Waals surface area contributed by atoms with Gasteiger partial charge in [-0.25, -0.2) is 9.78 Å². The number of hydrogen-bond acceptors (Lipinski definition) is 3. The third-order valence-electron chi connectivity index (χ3n) is 4.49. The molecule has 112 valence electrons. The SMILES string of the molecule is CCC1CCCCC1Nc1nc2ccccn2c1C(=O)O. The van der Waals surface area contributed by atoms with Gasteiger partial charge in [0.1, 0.15) is 5.65 Å². The fraction of sp³-hybridized carbons (Fsp3) is 0.500. The molecule has 0 radical (unpaired) electrons. The summed E-state index contributed by atoms with van der Waals surface area (Å²) < 4.78 is 1.63. The number of fused-ring (bicyclic) bond motifs is 1. The lowest BCUT2D eigenvalue weighted by molar-refractivity contribution is 0.0690. The zero-order valence-corrected chi connectivity index (χ0v) is 12.2. The van der Waals surface area contributed by atoms with Gasteiger partial charge in [-0.3, -0.25) is 4.40 Å². The van der Waals surface area contributed by atoms with Gasteiger partial charge in [-0.15, -0.1) is 0 Å². The molecule has 0 aliphatic heterocycles. The Morgan fingerprint density at radius 3 is 3.00 bits per heavy atom. The third kappa shape index (κ3) is 2.60. The van der Waals surface area contributed by atoms with E-state index in [1.54, 1.807) is 10.6 Å². The quantitative estimate of drug-likeness (QED) is 0.904. The highest BCUT2D eigenvalue weighted by Gasteiger charge is 2.27. The van der Waals surface area contributed by atoms with Crippen LogP contribution in [0.4, 0.5) is 5.82 Å². The number of carboxylic acids is 1. The maximum absolute atomic E-state index is 11.6. The summed E-state index contributed by atoms with van der Waals surface area (Å²) in [5, 5.41) is 12.9. The largest absolute Gasteiger partial charge is 0.476 e. The van der Waals surface area contributed by atoms with Crippen LogP contribution in [0, 0.1) is 5.92 Å². The maximum Gasteiger partial charge on any atom is 0.356 e. The van der Waals surface area contributed by atoms with E-state index in [-0.39, 0.29) is 5.69 Å². The molecule has 0 amide bonds. The normalized spacial score (nSPS) is 22.3. The molecule has 5 heteroatoms. The highest BCUT2D eigenvalue weighted by Crippen LogP contribution is 2.30. The molecule has 2 unspecified atom stereocenters. The number of carbonyl (C=O) groups is 1. The Morgan fingerprint density at radius 1 is 1.43 bits per heavy atom. The number of aromatic nitrogens is 2. The molecule has 1 saturated carbocycles. The summed E-state index contributed by atoms with van der Waals surface area (Å²) >= 11 is 0. The van der Waals surface area contributed by atoms with Crippen LogP contribution < -0.4 is 5.32 Å². The van der Waals surface area contributed by atoms with Gasteiger partial charge in [-0.2, -0.15) is 0 Å². The smallest absolute Gasteiger partial charge is 0.356 e. The molecule has 0 spiro atoms. The van der Waals surface area contributed by atoms with Crippen LogP contribution in [0.1, 0.15) is 49.5 Å². The number of hydrogen-bond donors (Lipinski definition) is 2. The zero-order chi connectivity index (χ0) is 14.8. The molecule has 2 heterocycles. The van der Waals surface area contributed by atoms with Crippen LogP contribution in [0.5, 0.6) is 0 Å². The molecule has 0 bridgehead atoms. The van der Waals surface area contributed by atoms with E-state index in [1.807, 2.05) is 18.2 Å². The second-order valence-electron chi connectivity index (χ2n) is 5.75. The number of nitrogens with one attached hydrogen (secondary N) is 1. The first-order valence-electron chi connectivity index (χ1n) is 7.67. The molecule has 0 aromatic carbocycles. The first-order valence-corrected chi connectivity index (χ1v) is 7.67. The van der Waals surface area contributed by atoms with Crippen LogP contribution in [0.2, 0.25) is 0 Å². The molecule has 3 rings (SSSR count). The van der Waals surface area contributed by atoms with Gasteiger partial charge in [0.2, 0.25) is 0 Å². The number of pyridine rings is 1. The van der Waals surface area contributed by atoms with Crippen LogP contribution in [-0.2, 0) is 0 Å². The minimum atomic E-state index is -0.944. The van der Waals surface area contributed by atoms with Crippen molar-refractivity contribution in [1.29, 1.82) is 0 Å². The molecule has 2 atom stereocenters. The second kappa shape index (κ2) is 5.76. The molecule has 5 nitrogen and oxygen atoms in total. The molecule has 0 saturated heterocycles. The van der Waals surface area contributed by atoms with Gasteiger partial charge in [0.05, 0.1) is 0 Å². The van der Waals surface area contributed by atoms with E-state index in [4.69, 9.17) is 0 Å². The Morgan fingerprint density at radius 2 is 2.24 bits per heavy atom. The highest BCUT2D eigenvalue weighted by molar-refractivity contribution is 5.93. The molecule has 1 aliphatic rings. The predicted molar refractivity (Wildman–Crippen MR) is 81.8 cm³/mol. The Balaban J connectivity index is 1.96. The maximum atomic E-state index is 11.6. The monoisotopic (exact) mass is 287 g/mol. The minimum absolute atomic E-state index is 0.228. The van der Waals surface area contributed by atoms with Gasteiger partial charge in [0.25, 0.3) is 0 Å². The predicted octanol–water partition coefficient (Wildman–Crippen LogP) is 3.41. The third-order valence-corrected chi connectivity index (χ3v) is 4.49. The Bertz CT molecular complexity index is 650. The van der Waals surface area contributed by atoms with Gasteiger partial charge in [-0.1, -0.05) is 32.3 Å². The average molecular weight is 287 g/mol. The fourth-order valence-electron chi connectivity index (χ4n) is 3.36. The number of anilines is 1. The van der Waals surface area contributed by atoms with Crippen LogP contribution >= 0.6 is 0 Å². The van der Waals surface area contributed by atoms with Gasteiger partial charge < -0.3 is 10.4 Å². The average Bonchev–Trinajstić information content (AvgIpc) is 2.85. The van der Waals surface area contributed by atoms with Gasteiger partial charge in [0.15, 0.2) is 11.5 Å². The number of imidazole rings is 1. The van der Waals surface area contributed by atoms with E-state index < -0.39 is 5.97 Å². The summed E-state index contributed by atoms with van der Waals surface area (Å²) in [6.07, 6.45) is 7.63. The standard InChI is InChI=1S/C16H21N3O2/c1-2-11-7-3-4-8-12(11)17-15-14(16(20)21)19-10-6-5-9-13(19)18-15/h5-6,9-12,17H,2-4,7-8H2,1H3,(H,20,21). The number of rotatable bonds is 4. The number of aromatic carboxylic acids is 1. The lowest BCUT2D eigenvalue weighted by atomic mass is 9.83. The molecule has 2 aromatic rings. The van der Waals surface area contributed by atoms with Crippen LogP contribution in [0.3, 0.4) is 0 Å². The minimum Gasteiger partial charge on any atom is -0.476 e. The molecule has 1 fully saturated rings. The van der Waals surface area contributed by atoms with E-state index in [9.17, 15) is 9.90 Å². The van der Waals surface area contributed by atoms with Gasteiger partial charge >= 0.3 is 5.97 Å². The van der Waals surface area contributed by atoms with Crippen molar-refractivity contribution in [2.45, 2.75) is 45.1 Å². The Hall–Kier alpha value is -2.04. The molecule has 2 N–H and O–H groups in total. The van der Waals surface area contributed by atoms with Crippen molar-refractivity contribution >= 4 is 17.4 Å². The van der Waals surface area contributed by atoms with Crippen molar-refractivity contribution in [2.75, 3.05) is 5.32 Å². The summed E-state index contributed by atoms with van der Waals surface area (Å²) in [5.74, 6) is 0.157. The van der Waals surface area contributed by atoms with E-state index in [2.05, 4.69) is 17.2 Å². The summed E-state index contributed by atoms with van der Waals surface area (Å²) in [4.78, 5) is 16.1. The van der Waals surface area contributed by atoms with Crippen LogP contribution in [0.15, 0.2) is 24.4 Å². The van der Waals surface area contributed by atoms with Crippen molar-refractivity contribution in [2.24, 2.45) is 5.92 Å². The first-order chi connectivity index (χ1) is 10.2. The molecular formula is C16H21N3O2. The lowest BCUT2D eigenvalue weighted by Crippen LogP contribution is -2.32. The van der Waals surface area contributed by atoms with Crippen LogP contribution in [0.25, 0.3) is 5.65 Å².